The third-order valence-electron chi connectivity index (χ3n) is 15.5. The van der Waals surface area contributed by atoms with Crippen LogP contribution in [0.25, 0.3) is 138 Å². The first-order valence-electron chi connectivity index (χ1n) is 26.1. The van der Waals surface area contributed by atoms with Gasteiger partial charge in [0, 0.05) is 71.2 Å². The molecule has 4 heteroatoms. The summed E-state index contributed by atoms with van der Waals surface area (Å²) in [6.07, 6.45) is 0. The van der Waals surface area contributed by atoms with Gasteiger partial charge < -0.3 is 18.7 Å². The zero-order chi connectivity index (χ0) is 50.1. The van der Waals surface area contributed by atoms with Crippen LogP contribution in [-0.4, -0.2) is 18.7 Å². The lowest BCUT2D eigenvalue weighted by molar-refractivity contribution is 1.18. The lowest BCUT2D eigenvalue weighted by Gasteiger charge is -2.14. The molecule has 0 aliphatic heterocycles. The molecule has 12 aromatic carbocycles. The average Bonchev–Trinajstić information content (AvgIpc) is 4.26. The van der Waals surface area contributed by atoms with Gasteiger partial charge in [0.2, 0.25) is 0 Å². The zero-order valence-electron chi connectivity index (χ0n) is 41.5. The van der Waals surface area contributed by atoms with E-state index in [1.165, 1.54) is 121 Å². The van der Waals surface area contributed by atoms with Crippen molar-refractivity contribution < 1.29 is 0 Å². The van der Waals surface area contributed by atoms with Crippen LogP contribution in [0.2, 0.25) is 0 Å². The van der Waals surface area contributed by atoms with Crippen LogP contribution in [0, 0.1) is 0 Å². The van der Waals surface area contributed by atoms with Gasteiger partial charge in [-0.15, -0.1) is 0 Å². The van der Waals surface area contributed by atoms with Crippen molar-refractivity contribution in [2.45, 2.75) is 0 Å². The molecule has 1 N–H and O–H groups in total. The molecule has 0 aliphatic rings. The number of nitrogens with zero attached hydrogens (tertiary/aromatic N) is 3. The Morgan fingerprint density at radius 1 is 0.184 bits per heavy atom. The second kappa shape index (κ2) is 17.8. The third kappa shape index (κ3) is 7.14. The molecule has 0 saturated heterocycles. The number of benzene rings is 12. The number of H-pyrrole nitrogens is 1. The fraction of sp³-hybridized carbons (Fsp3) is 0. The first-order chi connectivity index (χ1) is 37.7. The Bertz CT molecular complexity index is 4220. The minimum absolute atomic E-state index is 1.15. The van der Waals surface area contributed by atoms with Crippen molar-refractivity contribution in [1.82, 2.24) is 18.7 Å². The van der Waals surface area contributed by atoms with E-state index in [4.69, 9.17) is 0 Å². The van der Waals surface area contributed by atoms with Crippen LogP contribution in [-0.2, 0) is 0 Å². The maximum absolute atomic E-state index is 3.38. The molecule has 0 radical (unpaired) electrons. The molecule has 16 rings (SSSR count). The minimum atomic E-state index is 1.15. The normalized spacial score (nSPS) is 11.7. The summed E-state index contributed by atoms with van der Waals surface area (Å²) >= 11 is 0. The number of para-hydroxylation sites is 8. The molecule has 0 atom stereocenters. The number of rotatable bonds is 6. The van der Waals surface area contributed by atoms with Crippen molar-refractivity contribution in [3.8, 4) is 50.4 Å². The van der Waals surface area contributed by atoms with Crippen molar-refractivity contribution in [2.75, 3.05) is 0 Å². The third-order valence-corrected chi connectivity index (χ3v) is 15.5. The van der Waals surface area contributed by atoms with E-state index in [1.807, 2.05) is 0 Å². The van der Waals surface area contributed by atoms with Gasteiger partial charge in [-0.2, -0.15) is 0 Å². The van der Waals surface area contributed by atoms with Crippen LogP contribution in [0.3, 0.4) is 0 Å². The SMILES string of the molecule is c1ccc2c(c1)[nH]c1ccccc12.c1ccc2c(c1)c1ccccc1n2-c1ccc(-c2cc(-c3ccc(-n4c5ccccc5c5ccccc54)cc3)cc(-c3ccc(-n4c5ccccc5c5ccccc54)cc3)c2)cc1. The maximum atomic E-state index is 3.38. The maximum Gasteiger partial charge on any atom is 0.0541 e. The highest BCUT2D eigenvalue weighted by atomic mass is 15.0. The molecular weight excluding hydrogens is 921 g/mol. The van der Waals surface area contributed by atoms with Gasteiger partial charge in [-0.25, -0.2) is 0 Å². The van der Waals surface area contributed by atoms with Gasteiger partial charge in [0.05, 0.1) is 33.1 Å². The summed E-state index contributed by atoms with van der Waals surface area (Å²) in [6.45, 7) is 0. The van der Waals surface area contributed by atoms with Crippen molar-refractivity contribution >= 4 is 87.2 Å². The van der Waals surface area contributed by atoms with Crippen molar-refractivity contribution in [2.24, 2.45) is 0 Å². The van der Waals surface area contributed by atoms with Crippen LogP contribution in [0.15, 0.2) is 285 Å². The Morgan fingerprint density at radius 2 is 0.395 bits per heavy atom. The molecule has 76 heavy (non-hydrogen) atoms. The lowest BCUT2D eigenvalue weighted by atomic mass is 9.93. The highest BCUT2D eigenvalue weighted by Gasteiger charge is 2.16. The van der Waals surface area contributed by atoms with Crippen molar-refractivity contribution in [3.63, 3.8) is 0 Å². The Labute approximate surface area is 439 Å². The molecule has 0 saturated carbocycles. The van der Waals surface area contributed by atoms with Gasteiger partial charge in [0.1, 0.15) is 0 Å². The molecule has 0 fully saturated rings. The predicted octanol–water partition coefficient (Wildman–Crippen LogP) is 19.3. The number of fused-ring (bicyclic) bond motifs is 12. The van der Waals surface area contributed by atoms with E-state index < -0.39 is 0 Å². The molecule has 0 amide bonds. The fourth-order valence-electron chi connectivity index (χ4n) is 11.9. The highest BCUT2D eigenvalue weighted by Crippen LogP contribution is 2.39. The molecule has 4 heterocycles. The topological polar surface area (TPSA) is 30.6 Å². The summed E-state index contributed by atoms with van der Waals surface area (Å²) in [4.78, 5) is 3.38. The van der Waals surface area contributed by atoms with E-state index in [9.17, 15) is 0 Å². The summed E-state index contributed by atoms with van der Waals surface area (Å²) in [5.74, 6) is 0. The Hall–Kier alpha value is -10.2. The minimum Gasteiger partial charge on any atom is -0.355 e. The smallest absolute Gasteiger partial charge is 0.0541 e. The van der Waals surface area contributed by atoms with Gasteiger partial charge in [-0.1, -0.05) is 182 Å². The molecule has 4 nitrogen and oxygen atoms in total. The molecule has 0 unspecified atom stereocenters. The molecule has 0 spiro atoms. The van der Waals surface area contributed by atoms with E-state index in [-0.39, 0.29) is 0 Å². The van der Waals surface area contributed by atoms with Crippen LogP contribution in [0.4, 0.5) is 0 Å². The standard InChI is InChI=1S/C60H39N3.C12H9N/c1-7-19-55-49(13-1)50-14-2-8-20-56(50)61(55)46-31-25-40(26-32-46)43-37-44(41-27-33-47(34-28-41)62-57-21-9-3-15-51(57)52-16-4-10-22-58(52)62)39-45(38-43)42-29-35-48(36-30-42)63-59-23-11-5-17-53(59)54-18-6-12-24-60(54)63;1-3-7-11-9(5-1)10-6-2-4-8-12(10)13-11/h1-39H;1-8,13H. The van der Waals surface area contributed by atoms with Crippen LogP contribution in [0.5, 0.6) is 0 Å². The van der Waals surface area contributed by atoms with Gasteiger partial charge in [-0.05, 0) is 137 Å². The number of hydrogen-bond acceptors (Lipinski definition) is 0. The van der Waals surface area contributed by atoms with Gasteiger partial charge >= 0.3 is 0 Å². The largest absolute Gasteiger partial charge is 0.355 e. The van der Waals surface area contributed by atoms with Crippen LogP contribution in [0.1, 0.15) is 0 Å². The second-order valence-electron chi connectivity index (χ2n) is 19.8. The lowest BCUT2D eigenvalue weighted by Crippen LogP contribution is -1.95. The molecule has 4 aromatic heterocycles. The summed E-state index contributed by atoms with van der Waals surface area (Å²) in [5, 5.41) is 10.2. The van der Waals surface area contributed by atoms with E-state index in [0.29, 0.717) is 0 Å². The predicted molar refractivity (Wildman–Crippen MR) is 322 cm³/mol. The van der Waals surface area contributed by atoms with Crippen LogP contribution >= 0.6 is 0 Å². The Balaban J connectivity index is 0.000000338. The highest BCUT2D eigenvalue weighted by molar-refractivity contribution is 6.12. The van der Waals surface area contributed by atoms with E-state index in [1.54, 1.807) is 0 Å². The van der Waals surface area contributed by atoms with Gasteiger partial charge in [-0.3, -0.25) is 0 Å². The summed E-state index contributed by atoms with van der Waals surface area (Å²) in [6, 6.07) is 103. The Kier molecular flexibility index (Phi) is 10.2. The molecular formula is C72H48N4. The van der Waals surface area contributed by atoms with Crippen molar-refractivity contribution in [1.29, 1.82) is 0 Å². The number of aromatic nitrogens is 4. The van der Waals surface area contributed by atoms with E-state index in [2.05, 4.69) is 304 Å². The van der Waals surface area contributed by atoms with Gasteiger partial charge in [0.15, 0.2) is 0 Å². The van der Waals surface area contributed by atoms with E-state index in [0.717, 1.165) is 17.1 Å². The Morgan fingerprint density at radius 3 is 0.645 bits per heavy atom. The molecule has 0 aliphatic carbocycles. The number of nitrogens with one attached hydrogen (secondary N) is 1. The molecule has 0 bridgehead atoms. The number of hydrogen-bond donors (Lipinski definition) is 1. The van der Waals surface area contributed by atoms with Crippen LogP contribution < -0.4 is 0 Å². The average molecular weight is 969 g/mol. The molecule has 16 aromatic rings. The second-order valence-corrected chi connectivity index (χ2v) is 19.8. The van der Waals surface area contributed by atoms with Crippen molar-refractivity contribution in [3.05, 3.63) is 285 Å². The summed E-state index contributed by atoms with van der Waals surface area (Å²) < 4.78 is 7.15. The van der Waals surface area contributed by atoms with Gasteiger partial charge in [0.25, 0.3) is 0 Å². The fourth-order valence-corrected chi connectivity index (χ4v) is 11.9. The number of aromatic amines is 1. The molecule has 356 valence electrons. The quantitative estimate of drug-likeness (QED) is 0.172. The zero-order valence-corrected chi connectivity index (χ0v) is 41.5. The monoisotopic (exact) mass is 968 g/mol. The summed E-state index contributed by atoms with van der Waals surface area (Å²) in [7, 11) is 0. The summed E-state index contributed by atoms with van der Waals surface area (Å²) in [5.41, 5.74) is 20.2. The first kappa shape index (κ1) is 43.4. The van der Waals surface area contributed by atoms with E-state index >= 15 is 0 Å². The first-order valence-corrected chi connectivity index (χ1v) is 26.1.